The molecule has 1 amide bonds. The number of likely N-dealkylation sites (N-methyl/N-ethyl adjacent to an activating group) is 1. The van der Waals surface area contributed by atoms with E-state index in [1.807, 2.05) is 11.9 Å². The monoisotopic (exact) mass is 264 g/mol. The number of nitrogens with one attached hydrogen (secondary N) is 1. The molecule has 1 saturated heterocycles. The second kappa shape index (κ2) is 6.66. The molecule has 1 aromatic rings. The van der Waals surface area contributed by atoms with Gasteiger partial charge in [0.1, 0.15) is 5.82 Å². The lowest BCUT2D eigenvalue weighted by Crippen LogP contribution is -2.38. The fourth-order valence-corrected chi connectivity index (χ4v) is 2.49. The van der Waals surface area contributed by atoms with E-state index in [4.69, 9.17) is 0 Å². The van der Waals surface area contributed by atoms with Gasteiger partial charge in [0.05, 0.1) is 6.42 Å². The van der Waals surface area contributed by atoms with E-state index < -0.39 is 0 Å². The van der Waals surface area contributed by atoms with Crippen LogP contribution in [0.3, 0.4) is 0 Å². The molecule has 1 aliphatic rings. The fourth-order valence-electron chi connectivity index (χ4n) is 2.49. The smallest absolute Gasteiger partial charge is 0.226 e. The number of nitrogens with zero attached hydrogens (tertiary/aromatic N) is 1. The molecule has 0 saturated carbocycles. The summed E-state index contributed by atoms with van der Waals surface area (Å²) in [7, 11) is 1.88. The lowest BCUT2D eigenvalue weighted by Gasteiger charge is -2.27. The number of rotatable bonds is 3. The molecule has 0 radical (unpaired) electrons. The van der Waals surface area contributed by atoms with Crippen LogP contribution in [0.25, 0.3) is 0 Å². The van der Waals surface area contributed by atoms with Crippen LogP contribution in [0, 0.1) is 5.82 Å². The summed E-state index contributed by atoms with van der Waals surface area (Å²) in [6.07, 6.45) is 3.52. The van der Waals surface area contributed by atoms with E-state index in [0.717, 1.165) is 37.9 Å². The van der Waals surface area contributed by atoms with Gasteiger partial charge in [-0.3, -0.25) is 4.79 Å². The van der Waals surface area contributed by atoms with Crippen LogP contribution in [-0.4, -0.2) is 37.0 Å². The second-order valence-electron chi connectivity index (χ2n) is 5.14. The Morgan fingerprint density at radius 2 is 2.05 bits per heavy atom. The molecule has 1 atom stereocenters. The summed E-state index contributed by atoms with van der Waals surface area (Å²) in [5.41, 5.74) is 0.866. The van der Waals surface area contributed by atoms with Crippen molar-refractivity contribution in [2.24, 2.45) is 0 Å². The van der Waals surface area contributed by atoms with Crippen LogP contribution in [0.4, 0.5) is 4.39 Å². The Kier molecular flexibility index (Phi) is 4.91. The zero-order valence-corrected chi connectivity index (χ0v) is 11.4. The lowest BCUT2D eigenvalue weighted by molar-refractivity contribution is -0.131. The van der Waals surface area contributed by atoms with Gasteiger partial charge in [0.15, 0.2) is 0 Å². The average Bonchev–Trinajstić information content (AvgIpc) is 2.69. The molecule has 4 heteroatoms. The minimum atomic E-state index is -0.264. The third kappa shape index (κ3) is 4.03. The van der Waals surface area contributed by atoms with Gasteiger partial charge in [0, 0.05) is 13.1 Å². The summed E-state index contributed by atoms with van der Waals surface area (Å²) in [4.78, 5) is 14.1. The zero-order valence-electron chi connectivity index (χ0n) is 11.4. The normalized spacial score (nSPS) is 19.8. The highest BCUT2D eigenvalue weighted by Gasteiger charge is 2.20. The summed E-state index contributed by atoms with van der Waals surface area (Å²) < 4.78 is 12.8. The molecule has 1 N–H and O–H groups in total. The van der Waals surface area contributed by atoms with Crippen LogP contribution in [0.2, 0.25) is 0 Å². The van der Waals surface area contributed by atoms with Gasteiger partial charge >= 0.3 is 0 Å². The molecule has 104 valence electrons. The quantitative estimate of drug-likeness (QED) is 0.905. The molecular weight excluding hydrogens is 243 g/mol. The van der Waals surface area contributed by atoms with Crippen molar-refractivity contribution in [3.05, 3.63) is 35.6 Å². The van der Waals surface area contributed by atoms with Crippen LogP contribution in [-0.2, 0) is 11.2 Å². The van der Waals surface area contributed by atoms with Crippen LogP contribution in [0.15, 0.2) is 24.3 Å². The number of hydrogen-bond acceptors (Lipinski definition) is 2. The lowest BCUT2D eigenvalue weighted by atomic mass is 10.1. The Hall–Kier alpha value is -1.42. The first-order chi connectivity index (χ1) is 9.16. The number of hydrogen-bond donors (Lipinski definition) is 1. The summed E-state index contributed by atoms with van der Waals surface area (Å²) in [6.45, 7) is 2.01. The van der Waals surface area contributed by atoms with Crippen molar-refractivity contribution >= 4 is 5.91 Å². The molecule has 1 unspecified atom stereocenters. The van der Waals surface area contributed by atoms with E-state index in [-0.39, 0.29) is 11.7 Å². The van der Waals surface area contributed by atoms with Crippen molar-refractivity contribution < 1.29 is 9.18 Å². The predicted octanol–water partition coefficient (Wildman–Crippen LogP) is 1.97. The van der Waals surface area contributed by atoms with Crippen LogP contribution in [0.1, 0.15) is 24.8 Å². The summed E-state index contributed by atoms with van der Waals surface area (Å²) >= 11 is 0. The van der Waals surface area contributed by atoms with E-state index in [9.17, 15) is 9.18 Å². The maximum atomic E-state index is 12.8. The van der Waals surface area contributed by atoms with Gasteiger partial charge in [-0.05, 0) is 50.0 Å². The van der Waals surface area contributed by atoms with Crippen LogP contribution >= 0.6 is 0 Å². The largest absolute Gasteiger partial charge is 0.342 e. The first-order valence-electron chi connectivity index (χ1n) is 6.87. The Balaban J connectivity index is 1.92. The van der Waals surface area contributed by atoms with Gasteiger partial charge in [-0.2, -0.15) is 0 Å². The molecule has 0 spiro atoms. The molecule has 0 aliphatic carbocycles. The van der Waals surface area contributed by atoms with Crippen LogP contribution in [0.5, 0.6) is 0 Å². The van der Waals surface area contributed by atoms with E-state index in [0.29, 0.717) is 12.5 Å². The van der Waals surface area contributed by atoms with E-state index in [1.54, 1.807) is 12.1 Å². The molecule has 1 aliphatic heterocycles. The highest BCUT2D eigenvalue weighted by atomic mass is 19.1. The average molecular weight is 264 g/mol. The number of benzene rings is 1. The Morgan fingerprint density at radius 1 is 1.32 bits per heavy atom. The molecule has 1 fully saturated rings. The summed E-state index contributed by atoms with van der Waals surface area (Å²) in [6, 6.07) is 6.48. The maximum Gasteiger partial charge on any atom is 0.226 e. The Bertz CT molecular complexity index is 411. The number of carbonyl (C=O) groups is 1. The highest BCUT2D eigenvalue weighted by molar-refractivity contribution is 5.78. The predicted molar refractivity (Wildman–Crippen MR) is 73.4 cm³/mol. The molecule has 0 bridgehead atoms. The minimum absolute atomic E-state index is 0.110. The molecular formula is C15H21FN2O. The van der Waals surface area contributed by atoms with Gasteiger partial charge < -0.3 is 10.2 Å². The zero-order chi connectivity index (χ0) is 13.7. The third-order valence-electron chi connectivity index (χ3n) is 3.75. The van der Waals surface area contributed by atoms with Gasteiger partial charge in [-0.15, -0.1) is 0 Å². The summed E-state index contributed by atoms with van der Waals surface area (Å²) in [5, 5.41) is 3.35. The van der Waals surface area contributed by atoms with Crippen molar-refractivity contribution in [2.75, 3.05) is 20.1 Å². The van der Waals surface area contributed by atoms with Crippen LogP contribution < -0.4 is 5.32 Å². The number of amides is 1. The van der Waals surface area contributed by atoms with Gasteiger partial charge in [0.2, 0.25) is 5.91 Å². The van der Waals surface area contributed by atoms with Crippen molar-refractivity contribution in [3.63, 3.8) is 0 Å². The molecule has 3 nitrogen and oxygen atoms in total. The highest BCUT2D eigenvalue weighted by Crippen LogP contribution is 2.13. The topological polar surface area (TPSA) is 32.3 Å². The van der Waals surface area contributed by atoms with E-state index >= 15 is 0 Å². The first kappa shape index (κ1) is 14.0. The molecule has 0 aromatic heterocycles. The molecule has 19 heavy (non-hydrogen) atoms. The van der Waals surface area contributed by atoms with Gasteiger partial charge in [-0.1, -0.05) is 12.1 Å². The number of carbonyl (C=O) groups excluding carboxylic acids is 1. The Morgan fingerprint density at radius 3 is 2.79 bits per heavy atom. The SMILES string of the molecule is CN(C(=O)Cc1ccc(F)cc1)C1CCCNCC1. The first-order valence-corrected chi connectivity index (χ1v) is 6.87. The van der Waals surface area contributed by atoms with Gasteiger partial charge in [-0.25, -0.2) is 4.39 Å². The Labute approximate surface area is 113 Å². The fraction of sp³-hybridized carbons (Fsp3) is 0.533. The third-order valence-corrected chi connectivity index (χ3v) is 3.75. The minimum Gasteiger partial charge on any atom is -0.342 e. The summed E-state index contributed by atoms with van der Waals surface area (Å²) in [5.74, 6) is -0.155. The molecule has 1 heterocycles. The van der Waals surface area contributed by atoms with Crippen molar-refractivity contribution in [1.29, 1.82) is 0 Å². The standard InChI is InChI=1S/C15H21FN2O/c1-18(14-3-2-9-17-10-8-14)15(19)11-12-4-6-13(16)7-5-12/h4-7,14,17H,2-3,8-11H2,1H3. The van der Waals surface area contributed by atoms with E-state index in [1.165, 1.54) is 12.1 Å². The molecule has 2 rings (SSSR count). The number of halogens is 1. The molecule has 1 aromatic carbocycles. The van der Waals surface area contributed by atoms with E-state index in [2.05, 4.69) is 5.32 Å². The maximum absolute atomic E-state index is 12.8. The van der Waals surface area contributed by atoms with Crippen molar-refractivity contribution in [1.82, 2.24) is 10.2 Å². The second-order valence-corrected chi connectivity index (χ2v) is 5.14. The van der Waals surface area contributed by atoms with Gasteiger partial charge in [0.25, 0.3) is 0 Å². The van der Waals surface area contributed by atoms with Crippen molar-refractivity contribution in [3.8, 4) is 0 Å². The van der Waals surface area contributed by atoms with Crippen molar-refractivity contribution in [2.45, 2.75) is 31.7 Å².